The molecule has 0 bridgehead atoms. The van der Waals surface area contributed by atoms with E-state index in [0.717, 1.165) is 11.1 Å². The number of halogens is 1. The van der Waals surface area contributed by atoms with Crippen molar-refractivity contribution in [3.8, 4) is 0 Å². The molecule has 1 aliphatic rings. The van der Waals surface area contributed by atoms with E-state index in [0.29, 0.717) is 50.5 Å². The fraction of sp³-hybridized carbons (Fsp3) is 0.269. The Morgan fingerprint density at radius 1 is 0.938 bits per heavy atom. The summed E-state index contributed by atoms with van der Waals surface area (Å²) >= 11 is 0. The molecule has 2 aromatic heterocycles. The van der Waals surface area contributed by atoms with Crippen molar-refractivity contribution in [2.75, 3.05) is 26.2 Å². The summed E-state index contributed by atoms with van der Waals surface area (Å²) in [5.41, 5.74) is 5.35. The molecule has 0 radical (unpaired) electrons. The van der Waals surface area contributed by atoms with E-state index in [1.807, 2.05) is 41.3 Å². The third-order valence-corrected chi connectivity index (χ3v) is 6.34. The molecule has 5 nitrogen and oxygen atoms in total. The van der Waals surface area contributed by atoms with Crippen LogP contribution in [0.15, 0.2) is 71.3 Å². The summed E-state index contributed by atoms with van der Waals surface area (Å²) in [6, 6.07) is 18.9. The summed E-state index contributed by atoms with van der Waals surface area (Å²) in [7, 11) is 0. The second-order valence-corrected chi connectivity index (χ2v) is 8.37. The lowest BCUT2D eigenvalue weighted by Gasteiger charge is -2.35. The van der Waals surface area contributed by atoms with Crippen molar-refractivity contribution in [1.82, 2.24) is 14.4 Å². The van der Waals surface area contributed by atoms with Gasteiger partial charge in [-0.2, -0.15) is 0 Å². The molecule has 2 aromatic carbocycles. The largest absolute Gasteiger partial charge is 0.463 e. The summed E-state index contributed by atoms with van der Waals surface area (Å²) in [4.78, 5) is 17.6. The summed E-state index contributed by atoms with van der Waals surface area (Å²) in [6.07, 6.45) is 1.66. The number of aromatic nitrogens is 1. The van der Waals surface area contributed by atoms with E-state index in [1.165, 1.54) is 17.2 Å². The third-order valence-electron chi connectivity index (χ3n) is 6.34. The van der Waals surface area contributed by atoms with Gasteiger partial charge in [0, 0.05) is 57.0 Å². The molecule has 6 heteroatoms. The number of carbonyl (C=O) groups excluding carboxylic acids is 1. The smallest absolute Gasteiger partial charge is 0.270 e. The minimum Gasteiger partial charge on any atom is -0.463 e. The van der Waals surface area contributed by atoms with Crippen molar-refractivity contribution < 1.29 is 13.6 Å². The average Bonchev–Trinajstić information content (AvgIpc) is 3.39. The summed E-state index contributed by atoms with van der Waals surface area (Å²) in [5.74, 6) is -0.168. The van der Waals surface area contributed by atoms with Gasteiger partial charge in [-0.15, -0.1) is 0 Å². The van der Waals surface area contributed by atoms with E-state index >= 15 is 0 Å². The Hall–Kier alpha value is -3.38. The van der Waals surface area contributed by atoms with Crippen molar-refractivity contribution >= 4 is 17.0 Å². The van der Waals surface area contributed by atoms with Crippen molar-refractivity contribution in [3.63, 3.8) is 0 Å². The van der Waals surface area contributed by atoms with Crippen molar-refractivity contribution in [2.24, 2.45) is 0 Å². The number of hydrogen-bond acceptors (Lipinski definition) is 3. The van der Waals surface area contributed by atoms with Crippen LogP contribution in [0, 0.1) is 12.7 Å². The van der Waals surface area contributed by atoms with Crippen LogP contribution in [0.25, 0.3) is 11.1 Å². The first-order valence-corrected chi connectivity index (χ1v) is 11.0. The highest BCUT2D eigenvalue weighted by Crippen LogP contribution is 2.25. The fourth-order valence-corrected chi connectivity index (χ4v) is 4.42. The molecule has 3 heterocycles. The van der Waals surface area contributed by atoms with Crippen molar-refractivity contribution in [3.05, 3.63) is 95.1 Å². The number of benzene rings is 2. The van der Waals surface area contributed by atoms with Crippen LogP contribution in [-0.2, 0) is 13.1 Å². The van der Waals surface area contributed by atoms with E-state index in [4.69, 9.17) is 4.42 Å². The SMILES string of the molecule is Cc1ccccc1Cn1c(C(=O)N2CCN(Cc3ccccc3F)CC2)cc2occc21. The highest BCUT2D eigenvalue weighted by Gasteiger charge is 2.26. The van der Waals surface area contributed by atoms with Gasteiger partial charge in [0.2, 0.25) is 0 Å². The quantitative estimate of drug-likeness (QED) is 0.460. The van der Waals surface area contributed by atoms with Crippen LogP contribution in [0.2, 0.25) is 0 Å². The minimum atomic E-state index is -0.178. The van der Waals surface area contributed by atoms with E-state index in [9.17, 15) is 9.18 Å². The second kappa shape index (κ2) is 8.63. The number of furan rings is 1. The maximum atomic E-state index is 14.0. The molecule has 1 fully saturated rings. The molecule has 32 heavy (non-hydrogen) atoms. The molecule has 1 amide bonds. The Labute approximate surface area is 186 Å². The van der Waals surface area contributed by atoms with Gasteiger partial charge in [0.15, 0.2) is 5.58 Å². The Balaban J connectivity index is 1.33. The van der Waals surface area contributed by atoms with Crippen molar-refractivity contribution in [2.45, 2.75) is 20.0 Å². The van der Waals surface area contributed by atoms with E-state index in [1.54, 1.807) is 12.3 Å². The number of hydrogen-bond donors (Lipinski definition) is 0. The molecule has 1 aliphatic heterocycles. The number of rotatable bonds is 5. The van der Waals surface area contributed by atoms with Crippen LogP contribution >= 0.6 is 0 Å². The highest BCUT2D eigenvalue weighted by atomic mass is 19.1. The number of carbonyl (C=O) groups is 1. The molecule has 5 rings (SSSR count). The van der Waals surface area contributed by atoms with Crippen LogP contribution in [0.4, 0.5) is 4.39 Å². The van der Waals surface area contributed by atoms with Gasteiger partial charge in [0.05, 0.1) is 11.8 Å². The second-order valence-electron chi connectivity index (χ2n) is 8.37. The van der Waals surface area contributed by atoms with Gasteiger partial charge in [0.25, 0.3) is 5.91 Å². The van der Waals surface area contributed by atoms with Gasteiger partial charge < -0.3 is 13.9 Å². The minimum absolute atomic E-state index is 0.00975. The molecular formula is C26H26FN3O2. The van der Waals surface area contributed by atoms with Crippen LogP contribution in [0.3, 0.4) is 0 Å². The molecule has 0 unspecified atom stereocenters. The maximum Gasteiger partial charge on any atom is 0.270 e. The Morgan fingerprint density at radius 3 is 2.41 bits per heavy atom. The van der Waals surface area contributed by atoms with Gasteiger partial charge >= 0.3 is 0 Å². The van der Waals surface area contributed by atoms with Crippen LogP contribution in [0.1, 0.15) is 27.2 Å². The van der Waals surface area contributed by atoms with Gasteiger partial charge in [-0.3, -0.25) is 9.69 Å². The lowest BCUT2D eigenvalue weighted by molar-refractivity contribution is 0.0617. The number of aryl methyl sites for hydroxylation is 1. The lowest BCUT2D eigenvalue weighted by atomic mass is 10.1. The topological polar surface area (TPSA) is 41.6 Å². The molecule has 164 valence electrons. The van der Waals surface area contributed by atoms with Crippen LogP contribution in [-0.4, -0.2) is 46.5 Å². The number of amides is 1. The lowest BCUT2D eigenvalue weighted by Crippen LogP contribution is -2.48. The van der Waals surface area contributed by atoms with E-state index in [-0.39, 0.29) is 11.7 Å². The predicted octanol–water partition coefficient (Wildman–Crippen LogP) is 4.69. The standard InChI is InChI=1S/C26H26FN3O2/c1-19-6-2-3-7-20(19)18-30-23-10-15-32-25(23)16-24(30)26(31)29-13-11-28(12-14-29)17-21-8-4-5-9-22(21)27/h2-10,15-16H,11-14,17-18H2,1H3. The predicted molar refractivity (Wildman–Crippen MR) is 122 cm³/mol. The number of piperazine rings is 1. The first kappa shape index (κ1) is 20.5. The van der Waals surface area contributed by atoms with Gasteiger partial charge in [-0.1, -0.05) is 42.5 Å². The van der Waals surface area contributed by atoms with Gasteiger partial charge in [-0.25, -0.2) is 4.39 Å². The molecule has 0 spiro atoms. The zero-order valence-electron chi connectivity index (χ0n) is 18.1. The summed E-state index contributed by atoms with van der Waals surface area (Å²) in [5, 5.41) is 0. The highest BCUT2D eigenvalue weighted by molar-refractivity contribution is 5.97. The molecule has 0 aliphatic carbocycles. The Kier molecular flexibility index (Phi) is 5.53. The zero-order valence-corrected chi connectivity index (χ0v) is 18.1. The van der Waals surface area contributed by atoms with Gasteiger partial charge in [-0.05, 0) is 24.1 Å². The van der Waals surface area contributed by atoms with E-state index in [2.05, 4.69) is 28.5 Å². The maximum absolute atomic E-state index is 14.0. The summed E-state index contributed by atoms with van der Waals surface area (Å²) < 4.78 is 21.6. The first-order chi connectivity index (χ1) is 15.6. The summed E-state index contributed by atoms with van der Waals surface area (Å²) in [6.45, 7) is 5.93. The average molecular weight is 432 g/mol. The molecule has 1 saturated heterocycles. The molecule has 4 aromatic rings. The normalized spacial score (nSPS) is 14.9. The molecular weight excluding hydrogens is 405 g/mol. The monoisotopic (exact) mass is 431 g/mol. The Bertz CT molecular complexity index is 1250. The van der Waals surface area contributed by atoms with E-state index < -0.39 is 0 Å². The molecule has 0 saturated carbocycles. The third kappa shape index (κ3) is 3.94. The fourth-order valence-electron chi connectivity index (χ4n) is 4.42. The van der Waals surface area contributed by atoms with Crippen LogP contribution < -0.4 is 0 Å². The number of nitrogens with zero attached hydrogens (tertiary/aromatic N) is 3. The van der Waals surface area contributed by atoms with Crippen LogP contribution in [0.5, 0.6) is 0 Å². The Morgan fingerprint density at radius 2 is 1.66 bits per heavy atom. The van der Waals surface area contributed by atoms with Gasteiger partial charge in [0.1, 0.15) is 11.5 Å². The zero-order chi connectivity index (χ0) is 22.1. The van der Waals surface area contributed by atoms with Crippen molar-refractivity contribution in [1.29, 1.82) is 0 Å². The first-order valence-electron chi connectivity index (χ1n) is 11.0. The molecule has 0 atom stereocenters. The number of fused-ring (bicyclic) bond motifs is 1. The molecule has 0 N–H and O–H groups in total.